The number of hydrogen-bond acceptors (Lipinski definition) is 6. The Hall–Kier alpha value is -2.77. The molecule has 0 radical (unpaired) electrons. The summed E-state index contributed by atoms with van der Waals surface area (Å²) in [5.41, 5.74) is 9.28. The van der Waals surface area contributed by atoms with E-state index in [0.717, 1.165) is 48.5 Å². The molecule has 1 fully saturated rings. The van der Waals surface area contributed by atoms with Gasteiger partial charge in [0.1, 0.15) is 0 Å². The van der Waals surface area contributed by atoms with Crippen molar-refractivity contribution in [1.82, 2.24) is 15.2 Å². The number of morpholine rings is 1. The fourth-order valence-electron chi connectivity index (χ4n) is 3.14. The van der Waals surface area contributed by atoms with Crippen LogP contribution >= 0.6 is 0 Å². The Labute approximate surface area is 144 Å². The predicted molar refractivity (Wildman–Crippen MR) is 96.5 cm³/mol. The summed E-state index contributed by atoms with van der Waals surface area (Å²) in [6, 6.07) is 7.81. The number of H-pyrrole nitrogens is 1. The molecule has 0 aliphatic carbocycles. The molecular weight excluding hydrogens is 318 g/mol. The molecule has 4 rings (SSSR count). The van der Waals surface area contributed by atoms with E-state index < -0.39 is 0 Å². The lowest BCUT2D eigenvalue weighted by molar-refractivity contribution is 0.122. The van der Waals surface area contributed by atoms with Crippen molar-refractivity contribution >= 4 is 16.5 Å². The number of aromatic amines is 1. The molecule has 3 aromatic rings. The summed E-state index contributed by atoms with van der Waals surface area (Å²) in [6.07, 6.45) is 3.70. The number of hydrogen-bond donors (Lipinski definition) is 2. The molecule has 0 spiro atoms. The standard InChI is InChI=1S/C18H19N5O2/c19-9-17-16-8-12(1-2-15(16)18(24)22-21-17)13-7-14(11-20-10-13)23-3-5-25-6-4-23/h1-2,7-8,10-11H,3-6,9,19H2,(H,22,24). The number of rotatable bonds is 3. The number of aromatic nitrogens is 3. The molecule has 7 heteroatoms. The van der Waals surface area contributed by atoms with Crippen LogP contribution in [0, 0.1) is 0 Å². The Morgan fingerprint density at radius 1 is 1.12 bits per heavy atom. The van der Waals surface area contributed by atoms with Crippen LogP contribution in [0.4, 0.5) is 5.69 Å². The molecule has 1 aliphatic heterocycles. The van der Waals surface area contributed by atoms with Crippen LogP contribution in [0.5, 0.6) is 0 Å². The highest BCUT2D eigenvalue weighted by Gasteiger charge is 2.13. The van der Waals surface area contributed by atoms with Gasteiger partial charge in [-0.3, -0.25) is 9.78 Å². The second kappa shape index (κ2) is 6.62. The van der Waals surface area contributed by atoms with Gasteiger partial charge in [-0.05, 0) is 23.8 Å². The average Bonchev–Trinajstić information content (AvgIpc) is 2.69. The molecule has 0 bridgehead atoms. The highest BCUT2D eigenvalue weighted by molar-refractivity contribution is 5.88. The van der Waals surface area contributed by atoms with Crippen molar-refractivity contribution in [2.45, 2.75) is 6.54 Å². The SMILES string of the molecule is NCc1n[nH]c(=O)c2ccc(-c3cncc(N4CCOCC4)c3)cc12. The third-order valence-electron chi connectivity index (χ3n) is 4.49. The molecule has 1 aliphatic rings. The second-order valence-electron chi connectivity index (χ2n) is 6.00. The number of anilines is 1. The van der Waals surface area contributed by atoms with Crippen LogP contribution in [0.1, 0.15) is 5.69 Å². The lowest BCUT2D eigenvalue weighted by Gasteiger charge is -2.28. The molecule has 0 amide bonds. The van der Waals surface area contributed by atoms with Crippen LogP contribution in [-0.4, -0.2) is 41.5 Å². The molecule has 3 N–H and O–H groups in total. The predicted octanol–water partition coefficient (Wildman–Crippen LogP) is 1.28. The van der Waals surface area contributed by atoms with Gasteiger partial charge >= 0.3 is 0 Å². The molecule has 2 aromatic heterocycles. The molecule has 7 nitrogen and oxygen atoms in total. The molecule has 25 heavy (non-hydrogen) atoms. The van der Waals surface area contributed by atoms with E-state index in [9.17, 15) is 4.79 Å². The van der Waals surface area contributed by atoms with Gasteiger partial charge in [-0.15, -0.1) is 0 Å². The Kier molecular flexibility index (Phi) is 4.17. The largest absolute Gasteiger partial charge is 0.378 e. The number of fused-ring (bicyclic) bond motifs is 1. The first-order valence-corrected chi connectivity index (χ1v) is 8.26. The first kappa shape index (κ1) is 15.7. The lowest BCUT2D eigenvalue weighted by atomic mass is 10.0. The van der Waals surface area contributed by atoms with E-state index in [0.29, 0.717) is 11.1 Å². The van der Waals surface area contributed by atoms with Crippen molar-refractivity contribution in [2.24, 2.45) is 5.73 Å². The van der Waals surface area contributed by atoms with Crippen LogP contribution in [0.2, 0.25) is 0 Å². The smallest absolute Gasteiger partial charge is 0.272 e. The van der Waals surface area contributed by atoms with Crippen molar-refractivity contribution in [3.05, 3.63) is 52.7 Å². The van der Waals surface area contributed by atoms with E-state index in [4.69, 9.17) is 10.5 Å². The number of benzene rings is 1. The Balaban J connectivity index is 1.78. The molecule has 3 heterocycles. The zero-order valence-corrected chi connectivity index (χ0v) is 13.7. The van der Waals surface area contributed by atoms with E-state index >= 15 is 0 Å². The molecule has 1 aromatic carbocycles. The number of pyridine rings is 1. The minimum atomic E-state index is -0.209. The number of nitrogens with two attached hydrogens (primary N) is 1. The first-order chi connectivity index (χ1) is 12.3. The molecule has 1 saturated heterocycles. The molecular formula is C18H19N5O2. The summed E-state index contributed by atoms with van der Waals surface area (Å²) in [4.78, 5) is 18.6. The van der Waals surface area contributed by atoms with Crippen molar-refractivity contribution in [3.63, 3.8) is 0 Å². The Bertz CT molecular complexity index is 963. The summed E-state index contributed by atoms with van der Waals surface area (Å²) in [6.45, 7) is 3.45. The van der Waals surface area contributed by atoms with E-state index in [-0.39, 0.29) is 12.1 Å². The zero-order valence-electron chi connectivity index (χ0n) is 13.7. The summed E-state index contributed by atoms with van der Waals surface area (Å²) in [7, 11) is 0. The van der Waals surface area contributed by atoms with E-state index in [1.54, 1.807) is 0 Å². The van der Waals surface area contributed by atoms with Crippen LogP contribution in [0.15, 0.2) is 41.5 Å². The maximum absolute atomic E-state index is 12.0. The van der Waals surface area contributed by atoms with Crippen molar-refractivity contribution in [1.29, 1.82) is 0 Å². The third-order valence-corrected chi connectivity index (χ3v) is 4.49. The average molecular weight is 337 g/mol. The van der Waals surface area contributed by atoms with Crippen molar-refractivity contribution in [3.8, 4) is 11.1 Å². The fourth-order valence-corrected chi connectivity index (χ4v) is 3.14. The normalized spacial score (nSPS) is 14.8. The van der Waals surface area contributed by atoms with Gasteiger partial charge in [-0.1, -0.05) is 6.07 Å². The highest BCUT2D eigenvalue weighted by Crippen LogP contribution is 2.27. The van der Waals surface area contributed by atoms with Gasteiger partial charge in [0.2, 0.25) is 0 Å². The van der Waals surface area contributed by atoms with E-state index in [1.165, 1.54) is 0 Å². The minimum absolute atomic E-state index is 0.209. The van der Waals surface area contributed by atoms with Crippen molar-refractivity contribution < 1.29 is 4.74 Å². The van der Waals surface area contributed by atoms with E-state index in [1.807, 2.05) is 30.6 Å². The maximum Gasteiger partial charge on any atom is 0.272 e. The monoisotopic (exact) mass is 337 g/mol. The maximum atomic E-state index is 12.0. The van der Waals surface area contributed by atoms with Gasteiger partial charge < -0.3 is 15.4 Å². The number of ether oxygens (including phenoxy) is 1. The Morgan fingerprint density at radius 2 is 1.96 bits per heavy atom. The number of nitrogens with zero attached hydrogens (tertiary/aromatic N) is 3. The summed E-state index contributed by atoms with van der Waals surface area (Å²) in [5, 5.41) is 7.91. The highest BCUT2D eigenvalue weighted by atomic mass is 16.5. The second-order valence-corrected chi connectivity index (χ2v) is 6.00. The van der Waals surface area contributed by atoms with Crippen LogP contribution in [-0.2, 0) is 11.3 Å². The number of nitrogens with one attached hydrogen (secondary N) is 1. The molecule has 128 valence electrons. The zero-order chi connectivity index (χ0) is 17.2. The van der Waals surface area contributed by atoms with Gasteiger partial charge in [0.25, 0.3) is 5.56 Å². The molecule has 0 unspecified atom stereocenters. The first-order valence-electron chi connectivity index (χ1n) is 8.26. The third kappa shape index (κ3) is 2.99. The fraction of sp³-hybridized carbons (Fsp3) is 0.278. The van der Waals surface area contributed by atoms with Crippen molar-refractivity contribution in [2.75, 3.05) is 31.2 Å². The Morgan fingerprint density at radius 3 is 2.76 bits per heavy atom. The molecule has 0 saturated carbocycles. The quantitative estimate of drug-likeness (QED) is 0.747. The van der Waals surface area contributed by atoms with Crippen LogP contribution in [0.3, 0.4) is 0 Å². The van der Waals surface area contributed by atoms with Gasteiger partial charge in [-0.25, -0.2) is 5.10 Å². The van der Waals surface area contributed by atoms with Crippen LogP contribution < -0.4 is 16.2 Å². The molecule has 0 atom stereocenters. The van der Waals surface area contributed by atoms with Gasteiger partial charge in [0.15, 0.2) is 0 Å². The van der Waals surface area contributed by atoms with E-state index in [2.05, 4.69) is 26.1 Å². The summed E-state index contributed by atoms with van der Waals surface area (Å²) in [5.74, 6) is 0. The van der Waals surface area contributed by atoms with Gasteiger partial charge in [0.05, 0.1) is 36.2 Å². The van der Waals surface area contributed by atoms with Gasteiger partial charge in [-0.2, -0.15) is 5.10 Å². The topological polar surface area (TPSA) is 97.1 Å². The minimum Gasteiger partial charge on any atom is -0.378 e. The van der Waals surface area contributed by atoms with Crippen LogP contribution in [0.25, 0.3) is 21.9 Å². The lowest BCUT2D eigenvalue weighted by Crippen LogP contribution is -2.36. The summed E-state index contributed by atoms with van der Waals surface area (Å²) >= 11 is 0. The van der Waals surface area contributed by atoms with Gasteiger partial charge in [0, 0.05) is 36.8 Å². The summed E-state index contributed by atoms with van der Waals surface area (Å²) < 4.78 is 5.41.